The van der Waals surface area contributed by atoms with Crippen molar-refractivity contribution in [3.05, 3.63) is 46.3 Å². The Balaban J connectivity index is 2.32. The van der Waals surface area contributed by atoms with Gasteiger partial charge in [0.25, 0.3) is 5.91 Å². The maximum absolute atomic E-state index is 12.4. The highest BCUT2D eigenvalue weighted by Crippen LogP contribution is 2.24. The zero-order valence-corrected chi connectivity index (χ0v) is 13.7. The summed E-state index contributed by atoms with van der Waals surface area (Å²) in [6.45, 7) is 6.07. The molecule has 0 radical (unpaired) electrons. The van der Waals surface area contributed by atoms with E-state index >= 15 is 0 Å². The lowest BCUT2D eigenvalue weighted by atomic mass is 9.90. The molecule has 1 amide bonds. The molecule has 0 spiro atoms. The molecule has 0 saturated carbocycles. The second kappa shape index (κ2) is 5.81. The highest BCUT2D eigenvalue weighted by molar-refractivity contribution is 9.10. The van der Waals surface area contributed by atoms with Gasteiger partial charge in [0.1, 0.15) is 5.82 Å². The average Bonchev–Trinajstić information content (AvgIpc) is 2.39. The Labute approximate surface area is 132 Å². The fourth-order valence-electron chi connectivity index (χ4n) is 1.74. The molecule has 0 aliphatic carbocycles. The van der Waals surface area contributed by atoms with Crippen molar-refractivity contribution in [1.29, 1.82) is 0 Å². The fourth-order valence-corrected chi connectivity index (χ4v) is 2.09. The van der Waals surface area contributed by atoms with Gasteiger partial charge in [-0.2, -0.15) is 0 Å². The summed E-state index contributed by atoms with van der Waals surface area (Å²) in [4.78, 5) is 20.6. The largest absolute Gasteiger partial charge is 0.384 e. The van der Waals surface area contributed by atoms with Gasteiger partial charge >= 0.3 is 0 Å². The van der Waals surface area contributed by atoms with E-state index in [2.05, 4.69) is 31.2 Å². The molecule has 3 N–H and O–H groups in total. The molecule has 5 nitrogen and oxygen atoms in total. The van der Waals surface area contributed by atoms with Crippen LogP contribution in [0.4, 0.5) is 11.5 Å². The molecule has 0 bridgehead atoms. The number of nitrogen functional groups attached to an aromatic ring is 1. The molecule has 21 heavy (non-hydrogen) atoms. The van der Waals surface area contributed by atoms with Gasteiger partial charge in [0.05, 0.1) is 10.2 Å². The Morgan fingerprint density at radius 3 is 2.67 bits per heavy atom. The third-order valence-electron chi connectivity index (χ3n) is 2.90. The first kappa shape index (κ1) is 15.4. The van der Waals surface area contributed by atoms with Crippen LogP contribution in [0.15, 0.2) is 35.1 Å². The molecule has 0 saturated heterocycles. The first-order valence-corrected chi connectivity index (χ1v) is 7.25. The van der Waals surface area contributed by atoms with Crippen LogP contribution in [0, 0.1) is 0 Å². The number of nitrogens with zero attached hydrogens (tertiary/aromatic N) is 2. The van der Waals surface area contributed by atoms with Gasteiger partial charge in [-0.3, -0.25) is 9.78 Å². The summed E-state index contributed by atoms with van der Waals surface area (Å²) < 4.78 is 0.719. The second-order valence-corrected chi connectivity index (χ2v) is 6.58. The van der Waals surface area contributed by atoms with Crippen LogP contribution in [0.3, 0.4) is 0 Å². The number of hydrogen-bond donors (Lipinski definition) is 2. The zero-order valence-electron chi connectivity index (χ0n) is 12.1. The van der Waals surface area contributed by atoms with Crippen molar-refractivity contribution >= 4 is 33.3 Å². The number of anilines is 2. The number of carbonyl (C=O) groups is 1. The van der Waals surface area contributed by atoms with Crippen molar-refractivity contribution in [2.45, 2.75) is 26.2 Å². The highest BCUT2D eigenvalue weighted by Gasteiger charge is 2.19. The first-order valence-electron chi connectivity index (χ1n) is 6.46. The molecule has 2 rings (SSSR count). The second-order valence-electron chi connectivity index (χ2n) is 5.73. The van der Waals surface area contributed by atoms with Crippen molar-refractivity contribution in [2.24, 2.45) is 0 Å². The molecule has 0 aliphatic heterocycles. The third-order valence-corrected chi connectivity index (χ3v) is 3.53. The number of halogens is 1. The molecule has 0 aromatic carbocycles. The lowest BCUT2D eigenvalue weighted by molar-refractivity contribution is 0.102. The molecule has 6 heteroatoms. The van der Waals surface area contributed by atoms with E-state index in [0.717, 1.165) is 10.2 Å². The van der Waals surface area contributed by atoms with Gasteiger partial charge < -0.3 is 11.1 Å². The molecule has 0 atom stereocenters. The minimum atomic E-state index is -0.235. The van der Waals surface area contributed by atoms with Crippen molar-refractivity contribution < 1.29 is 4.79 Å². The predicted molar refractivity (Wildman–Crippen MR) is 87.2 cm³/mol. The summed E-state index contributed by atoms with van der Waals surface area (Å²) in [6.07, 6.45) is 3.24. The topological polar surface area (TPSA) is 80.9 Å². The number of aromatic nitrogens is 2. The van der Waals surface area contributed by atoms with Gasteiger partial charge in [-0.15, -0.1) is 0 Å². The quantitative estimate of drug-likeness (QED) is 0.871. The highest BCUT2D eigenvalue weighted by atomic mass is 79.9. The van der Waals surface area contributed by atoms with E-state index in [9.17, 15) is 4.79 Å². The number of pyridine rings is 2. The Hall–Kier alpha value is -1.95. The van der Waals surface area contributed by atoms with Crippen molar-refractivity contribution in [2.75, 3.05) is 11.1 Å². The van der Waals surface area contributed by atoms with Gasteiger partial charge in [-0.05, 0) is 34.1 Å². The molecular formula is C15H17BrN4O. The van der Waals surface area contributed by atoms with Crippen LogP contribution >= 0.6 is 15.9 Å². The SMILES string of the molecule is CC(C)(C)c1cc(C(=O)Nc2ccncc2Br)cc(N)n1. The van der Waals surface area contributed by atoms with Crippen LogP contribution in [0.5, 0.6) is 0 Å². The number of carbonyl (C=O) groups excluding carboxylic acids is 1. The van der Waals surface area contributed by atoms with E-state index in [1.807, 2.05) is 20.8 Å². The van der Waals surface area contributed by atoms with E-state index in [4.69, 9.17) is 5.73 Å². The van der Waals surface area contributed by atoms with Crippen LogP contribution in [0.1, 0.15) is 36.8 Å². The molecule has 2 aromatic rings. The maximum Gasteiger partial charge on any atom is 0.255 e. The van der Waals surface area contributed by atoms with E-state index in [0.29, 0.717) is 17.1 Å². The van der Waals surface area contributed by atoms with Crippen LogP contribution in [0.2, 0.25) is 0 Å². The smallest absolute Gasteiger partial charge is 0.255 e. The normalized spacial score (nSPS) is 11.2. The molecule has 0 fully saturated rings. The lowest BCUT2D eigenvalue weighted by Gasteiger charge is -2.19. The summed E-state index contributed by atoms with van der Waals surface area (Å²) in [7, 11) is 0. The third kappa shape index (κ3) is 3.78. The first-order chi connectivity index (χ1) is 9.77. The number of rotatable bonds is 2. The Kier molecular flexibility index (Phi) is 4.27. The zero-order chi connectivity index (χ0) is 15.6. The molecule has 2 heterocycles. The monoisotopic (exact) mass is 348 g/mol. The van der Waals surface area contributed by atoms with Gasteiger partial charge in [-0.25, -0.2) is 4.98 Å². The Morgan fingerprint density at radius 1 is 1.33 bits per heavy atom. The van der Waals surface area contributed by atoms with Gasteiger partial charge in [0, 0.05) is 29.1 Å². The molecule has 110 valence electrons. The van der Waals surface area contributed by atoms with Crippen LogP contribution in [0.25, 0.3) is 0 Å². The summed E-state index contributed by atoms with van der Waals surface area (Å²) in [6, 6.07) is 5.05. The summed E-state index contributed by atoms with van der Waals surface area (Å²) in [5.74, 6) is 0.0999. The number of nitrogens with two attached hydrogens (primary N) is 1. The Bertz CT molecular complexity index is 680. The number of nitrogens with one attached hydrogen (secondary N) is 1. The lowest BCUT2D eigenvalue weighted by Crippen LogP contribution is -2.18. The van der Waals surface area contributed by atoms with Crippen LogP contribution < -0.4 is 11.1 Å². The fraction of sp³-hybridized carbons (Fsp3) is 0.267. The molecule has 0 aliphatic rings. The molecule has 0 unspecified atom stereocenters. The number of hydrogen-bond acceptors (Lipinski definition) is 4. The van der Waals surface area contributed by atoms with E-state index < -0.39 is 0 Å². The van der Waals surface area contributed by atoms with Crippen molar-refractivity contribution in [1.82, 2.24) is 9.97 Å². The van der Waals surface area contributed by atoms with Gasteiger partial charge in [-0.1, -0.05) is 20.8 Å². The van der Waals surface area contributed by atoms with E-state index in [1.54, 1.807) is 30.6 Å². The van der Waals surface area contributed by atoms with Crippen molar-refractivity contribution in [3.63, 3.8) is 0 Å². The summed E-state index contributed by atoms with van der Waals surface area (Å²) in [5, 5.41) is 2.82. The van der Waals surface area contributed by atoms with E-state index in [1.165, 1.54) is 0 Å². The summed E-state index contributed by atoms with van der Waals surface area (Å²) in [5.41, 5.74) is 7.54. The Morgan fingerprint density at radius 2 is 2.05 bits per heavy atom. The molecule has 2 aromatic heterocycles. The average molecular weight is 349 g/mol. The number of amides is 1. The molecular weight excluding hydrogens is 332 g/mol. The van der Waals surface area contributed by atoms with Gasteiger partial charge in [0.15, 0.2) is 0 Å². The minimum Gasteiger partial charge on any atom is -0.384 e. The van der Waals surface area contributed by atoms with Gasteiger partial charge in [0.2, 0.25) is 0 Å². The van der Waals surface area contributed by atoms with Crippen molar-refractivity contribution in [3.8, 4) is 0 Å². The summed E-state index contributed by atoms with van der Waals surface area (Å²) >= 11 is 3.34. The standard InChI is InChI=1S/C15H17BrN4O/c1-15(2,3)12-6-9(7-13(17)20-12)14(21)19-11-4-5-18-8-10(11)16/h4-8H,1-3H3,(H2,17,20)(H,18,19,21). The minimum absolute atomic E-state index is 0.179. The predicted octanol–water partition coefficient (Wildman–Crippen LogP) is 3.37. The maximum atomic E-state index is 12.4. The van der Waals surface area contributed by atoms with Crippen LogP contribution in [-0.2, 0) is 5.41 Å². The van der Waals surface area contributed by atoms with E-state index in [-0.39, 0.29) is 11.3 Å². The van der Waals surface area contributed by atoms with Crippen LogP contribution in [-0.4, -0.2) is 15.9 Å².